The third kappa shape index (κ3) is 2.58. The fourth-order valence-electron chi connectivity index (χ4n) is 1.26. The SMILES string of the molecule is [C-]#[N+]c1ccc(C(=O)NC)c(F)c1NC(C)=O. The molecule has 0 radical (unpaired) electrons. The van der Waals surface area contributed by atoms with Crippen molar-refractivity contribution in [3.05, 3.63) is 34.9 Å². The van der Waals surface area contributed by atoms with Gasteiger partial charge in [-0.05, 0) is 0 Å². The summed E-state index contributed by atoms with van der Waals surface area (Å²) in [6, 6.07) is 2.48. The molecule has 0 aliphatic rings. The van der Waals surface area contributed by atoms with E-state index in [1.165, 1.54) is 26.1 Å². The first kappa shape index (κ1) is 12.6. The Labute approximate surface area is 97.4 Å². The van der Waals surface area contributed by atoms with E-state index in [2.05, 4.69) is 15.5 Å². The number of rotatable bonds is 2. The Morgan fingerprint density at radius 1 is 1.41 bits per heavy atom. The molecule has 88 valence electrons. The number of amides is 2. The normalized spacial score (nSPS) is 9.29. The largest absolute Gasteiger partial charge is 0.355 e. The topological polar surface area (TPSA) is 62.6 Å². The molecule has 0 saturated heterocycles. The first-order valence-electron chi connectivity index (χ1n) is 4.71. The molecule has 17 heavy (non-hydrogen) atoms. The lowest BCUT2D eigenvalue weighted by atomic mass is 10.1. The van der Waals surface area contributed by atoms with Gasteiger partial charge in [0.25, 0.3) is 5.91 Å². The molecule has 0 spiro atoms. The lowest BCUT2D eigenvalue weighted by Crippen LogP contribution is -2.20. The second-order valence-electron chi connectivity index (χ2n) is 3.19. The van der Waals surface area contributed by atoms with E-state index in [-0.39, 0.29) is 16.9 Å². The minimum absolute atomic E-state index is 0.0506. The Balaban J connectivity index is 3.38. The number of nitrogens with zero attached hydrogens (tertiary/aromatic N) is 1. The van der Waals surface area contributed by atoms with Gasteiger partial charge in [-0.3, -0.25) is 9.59 Å². The highest BCUT2D eigenvalue weighted by Gasteiger charge is 2.18. The van der Waals surface area contributed by atoms with E-state index >= 15 is 0 Å². The standard InChI is InChI=1S/C11H10FN3O2/c1-6(16)15-10-8(13-2)5-4-7(9(10)12)11(17)14-3/h4-5H,1,3H3,(H,14,17)(H,15,16). The van der Waals surface area contributed by atoms with Crippen molar-refractivity contribution >= 4 is 23.2 Å². The summed E-state index contributed by atoms with van der Waals surface area (Å²) < 4.78 is 13.9. The molecule has 0 atom stereocenters. The zero-order chi connectivity index (χ0) is 13.0. The molecule has 0 unspecified atom stereocenters. The molecule has 0 bridgehead atoms. The molecule has 0 heterocycles. The predicted molar refractivity (Wildman–Crippen MR) is 60.4 cm³/mol. The first-order valence-corrected chi connectivity index (χ1v) is 4.71. The van der Waals surface area contributed by atoms with Crippen LogP contribution in [0.2, 0.25) is 0 Å². The van der Waals surface area contributed by atoms with Crippen LogP contribution in [0.4, 0.5) is 15.8 Å². The zero-order valence-corrected chi connectivity index (χ0v) is 9.30. The van der Waals surface area contributed by atoms with Gasteiger partial charge in [0.1, 0.15) is 5.82 Å². The molecule has 2 amide bonds. The van der Waals surface area contributed by atoms with E-state index in [9.17, 15) is 14.0 Å². The van der Waals surface area contributed by atoms with Crippen molar-refractivity contribution in [2.75, 3.05) is 12.4 Å². The van der Waals surface area contributed by atoms with E-state index in [4.69, 9.17) is 6.57 Å². The molecule has 1 rings (SSSR count). The minimum Gasteiger partial charge on any atom is -0.355 e. The summed E-state index contributed by atoms with van der Waals surface area (Å²) in [5.74, 6) is -2.04. The number of hydrogen-bond acceptors (Lipinski definition) is 2. The van der Waals surface area contributed by atoms with Crippen LogP contribution in [0, 0.1) is 12.4 Å². The fraction of sp³-hybridized carbons (Fsp3) is 0.182. The second-order valence-corrected chi connectivity index (χ2v) is 3.19. The lowest BCUT2D eigenvalue weighted by Gasteiger charge is -2.09. The fourth-order valence-corrected chi connectivity index (χ4v) is 1.26. The van der Waals surface area contributed by atoms with Gasteiger partial charge in [-0.1, -0.05) is 12.1 Å². The average molecular weight is 235 g/mol. The van der Waals surface area contributed by atoms with Crippen LogP contribution in [0.15, 0.2) is 12.1 Å². The van der Waals surface area contributed by atoms with E-state index in [0.29, 0.717) is 0 Å². The van der Waals surface area contributed by atoms with E-state index in [1.807, 2.05) is 0 Å². The summed E-state index contributed by atoms with van der Waals surface area (Å²) in [4.78, 5) is 25.3. The molecule has 0 aliphatic carbocycles. The van der Waals surface area contributed by atoms with Crippen LogP contribution in [0.5, 0.6) is 0 Å². The number of nitrogens with one attached hydrogen (secondary N) is 2. The van der Waals surface area contributed by atoms with Crippen LogP contribution >= 0.6 is 0 Å². The highest BCUT2D eigenvalue weighted by atomic mass is 19.1. The van der Waals surface area contributed by atoms with Crippen molar-refractivity contribution in [1.29, 1.82) is 0 Å². The molecular formula is C11H10FN3O2. The Hall–Kier alpha value is -2.42. The smallest absolute Gasteiger partial charge is 0.253 e. The Morgan fingerprint density at radius 2 is 2.06 bits per heavy atom. The van der Waals surface area contributed by atoms with E-state index in [0.717, 1.165) is 0 Å². The quantitative estimate of drug-likeness (QED) is 0.766. The molecule has 0 aromatic heterocycles. The third-order valence-corrected chi connectivity index (χ3v) is 2.01. The van der Waals surface area contributed by atoms with Gasteiger partial charge < -0.3 is 10.6 Å². The summed E-state index contributed by atoms with van der Waals surface area (Å²) in [5, 5.41) is 4.48. The van der Waals surface area contributed by atoms with Crippen LogP contribution in [0.1, 0.15) is 17.3 Å². The van der Waals surface area contributed by atoms with Gasteiger partial charge in [-0.2, -0.15) is 0 Å². The number of anilines is 1. The van der Waals surface area contributed by atoms with Crippen molar-refractivity contribution in [3.63, 3.8) is 0 Å². The Kier molecular flexibility index (Phi) is 3.78. The zero-order valence-electron chi connectivity index (χ0n) is 9.30. The molecule has 0 fully saturated rings. The van der Waals surface area contributed by atoms with E-state index in [1.54, 1.807) is 0 Å². The summed E-state index contributed by atoms with van der Waals surface area (Å²) in [6.07, 6.45) is 0. The highest BCUT2D eigenvalue weighted by Crippen LogP contribution is 2.30. The predicted octanol–water partition coefficient (Wildman–Crippen LogP) is 1.69. The van der Waals surface area contributed by atoms with Gasteiger partial charge in [0.15, 0.2) is 0 Å². The van der Waals surface area contributed by atoms with Gasteiger partial charge in [-0.15, -0.1) is 0 Å². The highest BCUT2D eigenvalue weighted by molar-refractivity contribution is 5.99. The Bertz CT molecular complexity index is 520. The van der Waals surface area contributed by atoms with Crippen LogP contribution in [-0.4, -0.2) is 18.9 Å². The second kappa shape index (κ2) is 5.07. The van der Waals surface area contributed by atoms with Crippen LogP contribution in [0.25, 0.3) is 4.85 Å². The molecular weight excluding hydrogens is 225 g/mol. The lowest BCUT2D eigenvalue weighted by molar-refractivity contribution is -0.114. The van der Waals surface area contributed by atoms with Crippen LogP contribution in [-0.2, 0) is 4.79 Å². The van der Waals surface area contributed by atoms with Crippen molar-refractivity contribution in [3.8, 4) is 0 Å². The average Bonchev–Trinajstić information content (AvgIpc) is 2.30. The summed E-state index contributed by atoms with van der Waals surface area (Å²) in [7, 11) is 1.36. The molecule has 1 aromatic rings. The molecule has 6 heteroatoms. The maximum Gasteiger partial charge on any atom is 0.253 e. The summed E-state index contributed by atoms with van der Waals surface area (Å²) in [5.41, 5.74) is -0.539. The minimum atomic E-state index is -0.909. The van der Waals surface area contributed by atoms with Crippen molar-refractivity contribution < 1.29 is 14.0 Å². The van der Waals surface area contributed by atoms with Crippen molar-refractivity contribution in [1.82, 2.24) is 5.32 Å². The number of benzene rings is 1. The maximum absolute atomic E-state index is 13.9. The summed E-state index contributed by atoms with van der Waals surface area (Å²) >= 11 is 0. The number of carbonyl (C=O) groups is 2. The molecule has 5 nitrogen and oxygen atoms in total. The Morgan fingerprint density at radius 3 is 2.53 bits per heavy atom. The van der Waals surface area contributed by atoms with Gasteiger partial charge in [0.2, 0.25) is 11.6 Å². The third-order valence-electron chi connectivity index (χ3n) is 2.01. The number of hydrogen-bond donors (Lipinski definition) is 2. The van der Waals surface area contributed by atoms with Gasteiger partial charge in [0.05, 0.1) is 17.8 Å². The first-order chi connectivity index (χ1) is 8.01. The summed E-state index contributed by atoms with van der Waals surface area (Å²) in [6.45, 7) is 8.05. The molecule has 0 saturated carbocycles. The van der Waals surface area contributed by atoms with Gasteiger partial charge in [-0.25, -0.2) is 9.24 Å². The molecule has 2 N–H and O–H groups in total. The van der Waals surface area contributed by atoms with Crippen LogP contribution in [0.3, 0.4) is 0 Å². The monoisotopic (exact) mass is 235 g/mol. The van der Waals surface area contributed by atoms with Crippen LogP contribution < -0.4 is 10.6 Å². The van der Waals surface area contributed by atoms with Crippen molar-refractivity contribution in [2.24, 2.45) is 0 Å². The molecule has 1 aromatic carbocycles. The maximum atomic E-state index is 13.9. The number of halogens is 1. The van der Waals surface area contributed by atoms with Gasteiger partial charge >= 0.3 is 0 Å². The van der Waals surface area contributed by atoms with E-state index < -0.39 is 17.6 Å². The molecule has 0 aliphatic heterocycles. The number of carbonyl (C=O) groups excluding carboxylic acids is 2. The van der Waals surface area contributed by atoms with Crippen molar-refractivity contribution in [2.45, 2.75) is 6.92 Å². The van der Waals surface area contributed by atoms with Gasteiger partial charge in [0, 0.05) is 14.0 Å².